The van der Waals surface area contributed by atoms with Crippen molar-refractivity contribution in [2.24, 2.45) is 0 Å². The maximum Gasteiger partial charge on any atom is 0.303 e. The van der Waals surface area contributed by atoms with Crippen molar-refractivity contribution in [3.63, 3.8) is 0 Å². The lowest BCUT2D eigenvalue weighted by Crippen LogP contribution is -2.37. The first-order valence-electron chi connectivity index (χ1n) is 14.2. The van der Waals surface area contributed by atoms with Crippen LogP contribution in [0, 0.1) is 0 Å². The molecule has 3 aromatic rings. The van der Waals surface area contributed by atoms with Gasteiger partial charge in [0, 0.05) is 44.5 Å². The van der Waals surface area contributed by atoms with E-state index in [1.165, 1.54) is 5.56 Å². The molecule has 0 bridgehead atoms. The summed E-state index contributed by atoms with van der Waals surface area (Å²) in [5.74, 6) is -0.927. The van der Waals surface area contributed by atoms with E-state index < -0.39 is 12.3 Å². The molecule has 1 heterocycles. The van der Waals surface area contributed by atoms with Crippen LogP contribution in [-0.4, -0.2) is 46.7 Å². The van der Waals surface area contributed by atoms with Crippen molar-refractivity contribution in [2.75, 3.05) is 13.6 Å². The van der Waals surface area contributed by atoms with Crippen LogP contribution >= 0.6 is 0 Å². The summed E-state index contributed by atoms with van der Waals surface area (Å²) in [5.41, 5.74) is 5.02. The summed E-state index contributed by atoms with van der Waals surface area (Å²) in [5, 5.41) is 21.1. The van der Waals surface area contributed by atoms with Crippen LogP contribution in [0.3, 0.4) is 0 Å². The SMILES string of the molecule is CN(Cc1ccccc1)CC1CC(c2ccc(CO)cc2)OC(c2ccc(CNC(=O)CCCCC(=O)O)cc2)O1. The van der Waals surface area contributed by atoms with Crippen LogP contribution < -0.4 is 5.32 Å². The van der Waals surface area contributed by atoms with E-state index in [1.807, 2.05) is 66.7 Å². The number of amides is 1. The van der Waals surface area contributed by atoms with Gasteiger partial charge in [-0.05, 0) is 42.1 Å². The summed E-state index contributed by atoms with van der Waals surface area (Å²) >= 11 is 0. The number of aliphatic hydroxyl groups excluding tert-OH is 1. The third-order valence-corrected chi connectivity index (χ3v) is 7.21. The summed E-state index contributed by atoms with van der Waals surface area (Å²) in [6, 6.07) is 26.1. The maximum absolute atomic E-state index is 12.1. The number of carbonyl (C=O) groups is 2. The third kappa shape index (κ3) is 9.79. The lowest BCUT2D eigenvalue weighted by Gasteiger charge is -2.38. The van der Waals surface area contributed by atoms with Crippen LogP contribution in [0.4, 0.5) is 0 Å². The van der Waals surface area contributed by atoms with Crippen molar-refractivity contribution in [3.8, 4) is 0 Å². The van der Waals surface area contributed by atoms with Gasteiger partial charge >= 0.3 is 5.97 Å². The van der Waals surface area contributed by atoms with E-state index in [2.05, 4.69) is 29.4 Å². The lowest BCUT2D eigenvalue weighted by molar-refractivity contribution is -0.252. The first-order chi connectivity index (χ1) is 19.9. The highest BCUT2D eigenvalue weighted by molar-refractivity contribution is 5.75. The number of carboxylic acids is 1. The molecule has 3 N–H and O–H groups in total. The number of aliphatic carboxylic acids is 1. The molecule has 8 nitrogen and oxygen atoms in total. The second-order valence-corrected chi connectivity index (χ2v) is 10.7. The number of nitrogens with zero attached hydrogens (tertiary/aromatic N) is 1. The van der Waals surface area contributed by atoms with Crippen LogP contribution in [0.2, 0.25) is 0 Å². The molecule has 1 saturated heterocycles. The average molecular weight is 561 g/mol. The number of aliphatic hydroxyl groups is 1. The molecule has 0 aromatic heterocycles. The van der Waals surface area contributed by atoms with Crippen molar-refractivity contribution < 1.29 is 29.3 Å². The minimum absolute atomic E-state index is 0.00196. The molecule has 3 aromatic carbocycles. The normalized spacial score (nSPS) is 18.8. The Morgan fingerprint density at radius 3 is 2.20 bits per heavy atom. The molecule has 8 heteroatoms. The highest BCUT2D eigenvalue weighted by Crippen LogP contribution is 2.38. The summed E-state index contributed by atoms with van der Waals surface area (Å²) in [4.78, 5) is 25.0. The fourth-order valence-corrected chi connectivity index (χ4v) is 4.98. The molecule has 1 aliphatic heterocycles. The highest BCUT2D eigenvalue weighted by atomic mass is 16.7. The Bertz CT molecular complexity index is 1230. The highest BCUT2D eigenvalue weighted by Gasteiger charge is 2.32. The van der Waals surface area contributed by atoms with Crippen LogP contribution in [0.5, 0.6) is 0 Å². The molecular formula is C33H40N2O6. The van der Waals surface area contributed by atoms with Gasteiger partial charge in [-0.1, -0.05) is 78.9 Å². The molecule has 0 radical (unpaired) electrons. The number of nitrogens with one attached hydrogen (secondary N) is 1. The van der Waals surface area contributed by atoms with Crippen molar-refractivity contribution >= 4 is 11.9 Å². The van der Waals surface area contributed by atoms with E-state index in [9.17, 15) is 14.7 Å². The van der Waals surface area contributed by atoms with Crippen LogP contribution in [0.25, 0.3) is 0 Å². The molecule has 41 heavy (non-hydrogen) atoms. The van der Waals surface area contributed by atoms with E-state index >= 15 is 0 Å². The average Bonchev–Trinajstić information content (AvgIpc) is 2.99. The quantitative estimate of drug-likeness (QED) is 0.235. The molecule has 218 valence electrons. The van der Waals surface area contributed by atoms with Gasteiger partial charge in [0.1, 0.15) is 0 Å². The second kappa shape index (κ2) is 15.4. The molecule has 1 fully saturated rings. The predicted octanol–water partition coefficient (Wildman–Crippen LogP) is 5.12. The topological polar surface area (TPSA) is 108 Å². The standard InChI is InChI=1S/C33H40N2O6/c1-35(21-25-7-3-2-4-8-25)22-29-19-30(27-15-13-26(23-36)14-16-27)41-33(40-29)28-17-11-24(12-18-28)20-34-31(37)9-5-6-10-32(38)39/h2-4,7-8,11-18,29-30,33,36H,5-6,9-10,19-23H2,1H3,(H,34,37)(H,38,39). The molecule has 0 aliphatic carbocycles. The van der Waals surface area contributed by atoms with Gasteiger partial charge in [-0.25, -0.2) is 0 Å². The Balaban J connectivity index is 1.38. The molecule has 1 aliphatic rings. The summed E-state index contributed by atoms with van der Waals surface area (Å²) in [6.45, 7) is 1.97. The number of ether oxygens (including phenoxy) is 2. The largest absolute Gasteiger partial charge is 0.481 e. The third-order valence-electron chi connectivity index (χ3n) is 7.21. The van der Waals surface area contributed by atoms with Gasteiger partial charge in [0.2, 0.25) is 5.91 Å². The number of carboxylic acid groups (broad SMARTS) is 1. The van der Waals surface area contributed by atoms with Gasteiger partial charge < -0.3 is 25.0 Å². The Morgan fingerprint density at radius 2 is 1.51 bits per heavy atom. The predicted molar refractivity (Wildman–Crippen MR) is 156 cm³/mol. The van der Waals surface area contributed by atoms with E-state index in [-0.39, 0.29) is 31.1 Å². The van der Waals surface area contributed by atoms with Gasteiger partial charge in [0.05, 0.1) is 18.8 Å². The molecule has 0 saturated carbocycles. The first kappa shape index (κ1) is 30.4. The smallest absolute Gasteiger partial charge is 0.303 e. The summed E-state index contributed by atoms with van der Waals surface area (Å²) < 4.78 is 12.9. The fourth-order valence-electron chi connectivity index (χ4n) is 4.98. The van der Waals surface area contributed by atoms with E-state index in [0.717, 1.165) is 35.3 Å². The molecule has 0 spiro atoms. The number of hydrogen-bond donors (Lipinski definition) is 3. The number of likely N-dealkylation sites (N-methyl/N-ethyl adjacent to an activating group) is 1. The first-order valence-corrected chi connectivity index (χ1v) is 14.2. The summed E-state index contributed by atoms with van der Waals surface area (Å²) in [6.07, 6.45) is 1.41. The van der Waals surface area contributed by atoms with Crippen molar-refractivity contribution in [3.05, 3.63) is 107 Å². The minimum atomic E-state index is -0.840. The molecular weight excluding hydrogens is 520 g/mol. The van der Waals surface area contributed by atoms with Gasteiger partial charge in [-0.3, -0.25) is 14.5 Å². The molecule has 3 unspecified atom stereocenters. The Labute approximate surface area is 241 Å². The molecule has 4 rings (SSSR count). The number of carbonyl (C=O) groups excluding carboxylic acids is 1. The molecule has 3 atom stereocenters. The van der Waals surface area contributed by atoms with Crippen molar-refractivity contribution in [1.29, 1.82) is 0 Å². The van der Waals surface area contributed by atoms with Crippen LogP contribution in [0.15, 0.2) is 78.9 Å². The van der Waals surface area contributed by atoms with Gasteiger partial charge in [-0.2, -0.15) is 0 Å². The van der Waals surface area contributed by atoms with E-state index in [4.69, 9.17) is 14.6 Å². The Kier molecular flexibility index (Phi) is 11.5. The van der Waals surface area contributed by atoms with E-state index in [1.54, 1.807) is 0 Å². The lowest BCUT2D eigenvalue weighted by atomic mass is 9.99. The fraction of sp³-hybridized carbons (Fsp3) is 0.394. The zero-order valence-corrected chi connectivity index (χ0v) is 23.6. The second-order valence-electron chi connectivity index (χ2n) is 10.7. The number of hydrogen-bond acceptors (Lipinski definition) is 6. The number of rotatable bonds is 14. The van der Waals surface area contributed by atoms with Gasteiger partial charge in [-0.15, -0.1) is 0 Å². The number of unbranched alkanes of at least 4 members (excludes halogenated alkanes) is 1. The minimum Gasteiger partial charge on any atom is -0.481 e. The van der Waals surface area contributed by atoms with Crippen molar-refractivity contribution in [1.82, 2.24) is 10.2 Å². The Hall–Kier alpha value is -3.56. The zero-order valence-electron chi connectivity index (χ0n) is 23.6. The Morgan fingerprint density at radius 1 is 0.854 bits per heavy atom. The van der Waals surface area contributed by atoms with Gasteiger partial charge in [0.15, 0.2) is 6.29 Å². The zero-order chi connectivity index (χ0) is 29.0. The van der Waals surface area contributed by atoms with Crippen molar-refractivity contribution in [2.45, 2.75) is 70.3 Å². The number of benzene rings is 3. The van der Waals surface area contributed by atoms with Crippen LogP contribution in [-0.2, 0) is 38.8 Å². The van der Waals surface area contributed by atoms with E-state index in [0.29, 0.717) is 32.2 Å². The monoisotopic (exact) mass is 560 g/mol. The summed E-state index contributed by atoms with van der Waals surface area (Å²) in [7, 11) is 2.10. The molecule has 1 amide bonds. The van der Waals surface area contributed by atoms with Crippen LogP contribution in [0.1, 0.15) is 72.3 Å². The van der Waals surface area contributed by atoms with Gasteiger partial charge in [0.25, 0.3) is 0 Å². The maximum atomic E-state index is 12.1.